The summed E-state index contributed by atoms with van der Waals surface area (Å²) in [5.74, 6) is 0. The zero-order valence-corrected chi connectivity index (χ0v) is 9.04. The van der Waals surface area contributed by atoms with Crippen molar-refractivity contribution in [2.24, 2.45) is 0 Å². The molecule has 90 valence electrons. The van der Waals surface area contributed by atoms with E-state index >= 15 is 0 Å². The van der Waals surface area contributed by atoms with Crippen molar-refractivity contribution >= 4 is 10.8 Å². The summed E-state index contributed by atoms with van der Waals surface area (Å²) in [5.41, 5.74) is 1.65. The molecule has 0 spiro atoms. The molecule has 2 rings (SSSR count). The summed E-state index contributed by atoms with van der Waals surface area (Å²) in [4.78, 5) is 0. The van der Waals surface area contributed by atoms with Crippen LogP contribution in [-0.2, 0) is 5.41 Å². The van der Waals surface area contributed by atoms with Crippen LogP contribution in [0.4, 0.5) is 0 Å². The van der Waals surface area contributed by atoms with Crippen LogP contribution in [0, 0.1) is 0 Å². The van der Waals surface area contributed by atoms with Gasteiger partial charge in [-0.3, -0.25) is 0 Å². The average molecular weight is 219 g/mol. The Morgan fingerprint density at radius 2 is 1.38 bits per heavy atom. The monoisotopic (exact) mass is 219 g/mol. The van der Waals surface area contributed by atoms with Gasteiger partial charge in [-0.25, -0.2) is 0 Å². The second-order valence-electron chi connectivity index (χ2n) is 4.78. The third kappa shape index (κ3) is 2.63. The predicted molar refractivity (Wildman–Crippen MR) is 78.2 cm³/mol. The molecular formula is C16H26. The van der Waals surface area contributed by atoms with Crippen molar-refractivity contribution in [1.82, 2.24) is 0 Å². The molecule has 0 atom stereocenters. The van der Waals surface area contributed by atoms with Crippen LogP contribution in [0.3, 0.4) is 0 Å². The number of rotatable bonds is 0. The summed E-state index contributed by atoms with van der Waals surface area (Å²) in [5, 5.41) is 2.71. The molecule has 0 heteroatoms. The first-order chi connectivity index (χ1) is 6.59. The minimum Gasteiger partial charge on any atom is -0.0776 e. The van der Waals surface area contributed by atoms with Gasteiger partial charge in [-0.2, -0.15) is 0 Å². The molecule has 0 fully saturated rings. The summed E-state index contributed by atoms with van der Waals surface area (Å²) in [6.07, 6.45) is 0. The molecule has 0 nitrogen and oxygen atoms in total. The average Bonchev–Trinajstić information content (AvgIpc) is 2.15. The Kier molecular flexibility index (Phi) is 4.74. The summed E-state index contributed by atoms with van der Waals surface area (Å²) in [6, 6.07) is 15.1. The van der Waals surface area contributed by atoms with E-state index in [-0.39, 0.29) is 21.7 Å². The molecule has 0 N–H and O–H groups in total. The Labute approximate surface area is 102 Å². The summed E-state index contributed by atoms with van der Waals surface area (Å²) in [6.45, 7) is 6.78. The van der Waals surface area contributed by atoms with E-state index in [2.05, 4.69) is 63.2 Å². The van der Waals surface area contributed by atoms with Crippen LogP contribution in [0.2, 0.25) is 0 Å². The highest BCUT2D eigenvalue weighted by Gasteiger charge is 2.15. The fraction of sp³-hybridized carbons (Fsp3) is 0.375. The zero-order valence-electron chi connectivity index (χ0n) is 9.04. The molecule has 0 aromatic heterocycles. The topological polar surface area (TPSA) is 0 Å². The number of fused-ring (bicyclic) bond motifs is 1. The van der Waals surface area contributed by atoms with Crippen molar-refractivity contribution in [1.29, 1.82) is 0 Å². The van der Waals surface area contributed by atoms with Gasteiger partial charge in [0.05, 0.1) is 0 Å². The lowest BCUT2D eigenvalue weighted by Gasteiger charge is -2.21. The molecule has 2 aromatic rings. The van der Waals surface area contributed by atoms with Crippen LogP contribution >= 0.6 is 0 Å². The molecule has 0 aliphatic rings. The van der Waals surface area contributed by atoms with E-state index in [4.69, 9.17) is 0 Å². The molecule has 0 amide bonds. The Hall–Kier alpha value is -1.30. The fourth-order valence-corrected chi connectivity index (χ4v) is 1.88. The molecule has 0 saturated carbocycles. The molecule has 16 heavy (non-hydrogen) atoms. The summed E-state index contributed by atoms with van der Waals surface area (Å²) < 4.78 is 0. The summed E-state index contributed by atoms with van der Waals surface area (Å²) in [7, 11) is 0. The van der Waals surface area contributed by atoms with Gasteiger partial charge in [0.15, 0.2) is 0 Å². The van der Waals surface area contributed by atoms with E-state index in [1.807, 2.05) is 0 Å². The van der Waals surface area contributed by atoms with E-state index in [0.29, 0.717) is 0 Å². The zero-order chi connectivity index (χ0) is 10.2. The molecular weight excluding hydrogens is 192 g/mol. The van der Waals surface area contributed by atoms with Crippen LogP contribution in [0.1, 0.15) is 42.6 Å². The van der Waals surface area contributed by atoms with Crippen molar-refractivity contribution in [3.8, 4) is 0 Å². The Morgan fingerprint density at radius 1 is 0.812 bits per heavy atom. The van der Waals surface area contributed by atoms with Gasteiger partial charge in [-0.15, -0.1) is 0 Å². The van der Waals surface area contributed by atoms with Gasteiger partial charge in [0, 0.05) is 1.43 Å². The van der Waals surface area contributed by atoms with Crippen LogP contribution in [-0.4, -0.2) is 0 Å². The largest absolute Gasteiger partial charge is 0.0776 e. The standard InChI is InChI=1S/C14H16.2CH4.H2/c1-14(2,3)13-10-6-8-11-7-4-5-9-12(11)13;;;/h4-10H,1-3H3;2*1H4;1H/i;;;1+1. The molecule has 0 bridgehead atoms. The lowest BCUT2D eigenvalue weighted by atomic mass is 9.84. The third-order valence-corrected chi connectivity index (χ3v) is 2.60. The highest BCUT2D eigenvalue weighted by Crippen LogP contribution is 2.29. The minimum atomic E-state index is 0. The van der Waals surface area contributed by atoms with Crippen molar-refractivity contribution < 1.29 is 1.43 Å². The lowest BCUT2D eigenvalue weighted by Crippen LogP contribution is -2.11. The van der Waals surface area contributed by atoms with E-state index in [9.17, 15) is 0 Å². The predicted octanol–water partition coefficient (Wildman–Crippen LogP) is 5.66. The normalized spacial score (nSPS) is 10.4. The van der Waals surface area contributed by atoms with E-state index in [1.165, 1.54) is 16.3 Å². The molecule has 0 unspecified atom stereocenters. The first kappa shape index (κ1) is 14.7. The van der Waals surface area contributed by atoms with Gasteiger partial charge in [0.2, 0.25) is 0 Å². The van der Waals surface area contributed by atoms with Gasteiger partial charge in [0.1, 0.15) is 0 Å². The maximum absolute atomic E-state index is 2.26. The van der Waals surface area contributed by atoms with Crippen LogP contribution in [0.25, 0.3) is 10.8 Å². The highest BCUT2D eigenvalue weighted by atomic mass is 14.2. The SMILES string of the molecule is C.C.CC(C)(C)c1cccc2ccccc12.[2HH]. The van der Waals surface area contributed by atoms with Crippen LogP contribution in [0.15, 0.2) is 42.5 Å². The van der Waals surface area contributed by atoms with Crippen molar-refractivity contribution in [2.45, 2.75) is 41.0 Å². The second-order valence-corrected chi connectivity index (χ2v) is 4.78. The lowest BCUT2D eigenvalue weighted by molar-refractivity contribution is 0.596. The Balaban J connectivity index is 0. The van der Waals surface area contributed by atoms with Gasteiger partial charge in [-0.1, -0.05) is 78.1 Å². The Morgan fingerprint density at radius 3 is 2.00 bits per heavy atom. The molecule has 0 aliphatic carbocycles. The van der Waals surface area contributed by atoms with E-state index in [0.717, 1.165) is 0 Å². The maximum Gasteiger partial charge on any atom is 0 e. The molecule has 0 aliphatic heterocycles. The van der Waals surface area contributed by atoms with E-state index < -0.39 is 0 Å². The molecule has 2 aromatic carbocycles. The van der Waals surface area contributed by atoms with Crippen LogP contribution < -0.4 is 0 Å². The van der Waals surface area contributed by atoms with Crippen molar-refractivity contribution in [2.75, 3.05) is 0 Å². The quantitative estimate of drug-likeness (QED) is 0.536. The first-order valence-electron chi connectivity index (χ1n) is 5.07. The number of hydrogen-bond donors (Lipinski definition) is 0. The third-order valence-electron chi connectivity index (χ3n) is 2.60. The van der Waals surface area contributed by atoms with Crippen molar-refractivity contribution in [3.05, 3.63) is 48.0 Å². The Bertz CT molecular complexity index is 447. The second kappa shape index (κ2) is 5.16. The molecule has 0 radical (unpaired) electrons. The van der Waals surface area contributed by atoms with Crippen molar-refractivity contribution in [3.63, 3.8) is 0 Å². The minimum absolute atomic E-state index is 0. The van der Waals surface area contributed by atoms with Gasteiger partial charge in [-0.05, 0) is 21.8 Å². The summed E-state index contributed by atoms with van der Waals surface area (Å²) >= 11 is 0. The fourth-order valence-electron chi connectivity index (χ4n) is 1.88. The van der Waals surface area contributed by atoms with Gasteiger partial charge < -0.3 is 0 Å². The number of hydrogen-bond acceptors (Lipinski definition) is 0. The number of benzene rings is 2. The van der Waals surface area contributed by atoms with Gasteiger partial charge in [0.25, 0.3) is 0 Å². The van der Waals surface area contributed by atoms with Gasteiger partial charge >= 0.3 is 0 Å². The smallest absolute Gasteiger partial charge is 0 e. The first-order valence-corrected chi connectivity index (χ1v) is 5.07. The van der Waals surface area contributed by atoms with Crippen LogP contribution in [0.5, 0.6) is 0 Å². The van der Waals surface area contributed by atoms with E-state index in [1.54, 1.807) is 0 Å². The molecule has 0 saturated heterocycles. The molecule has 0 heterocycles. The maximum atomic E-state index is 2.26. The highest BCUT2D eigenvalue weighted by molar-refractivity contribution is 5.86.